The molecule has 9 aromatic rings. The fourth-order valence-corrected chi connectivity index (χ4v) is 6.90. The monoisotopic (exact) mass is 650 g/mol. The molecule has 9 rings (SSSR count). The van der Waals surface area contributed by atoms with Crippen molar-refractivity contribution < 1.29 is 0 Å². The van der Waals surface area contributed by atoms with Gasteiger partial charge in [0.2, 0.25) is 0 Å². The van der Waals surface area contributed by atoms with E-state index in [4.69, 9.17) is 9.97 Å². The Balaban J connectivity index is 1.28. The van der Waals surface area contributed by atoms with Crippen LogP contribution in [0.25, 0.3) is 83.6 Å². The lowest BCUT2D eigenvalue weighted by atomic mass is 10.0. The summed E-state index contributed by atoms with van der Waals surface area (Å²) in [5.74, 6) is 1.43. The first-order valence-electron chi connectivity index (χ1n) is 17.0. The highest BCUT2D eigenvalue weighted by atomic mass is 15.1. The van der Waals surface area contributed by atoms with Crippen LogP contribution in [-0.2, 0) is 0 Å². The van der Waals surface area contributed by atoms with E-state index >= 15 is 0 Å². The minimum Gasteiger partial charge on any atom is -0.294 e. The molecule has 0 N–H and O–H groups in total. The van der Waals surface area contributed by atoms with Crippen LogP contribution in [0.5, 0.6) is 0 Å². The van der Waals surface area contributed by atoms with Crippen molar-refractivity contribution in [2.45, 2.75) is 0 Å². The summed E-state index contributed by atoms with van der Waals surface area (Å²) in [6.45, 7) is 0. The Morgan fingerprint density at radius 1 is 0.392 bits per heavy atom. The fourth-order valence-electron chi connectivity index (χ4n) is 6.90. The van der Waals surface area contributed by atoms with Crippen molar-refractivity contribution in [3.8, 4) is 67.9 Å². The first kappa shape index (κ1) is 30.0. The van der Waals surface area contributed by atoms with Crippen LogP contribution in [0.2, 0.25) is 0 Å². The Morgan fingerprint density at radius 3 is 1.43 bits per heavy atom. The van der Waals surface area contributed by atoms with Crippen molar-refractivity contribution in [1.82, 2.24) is 14.5 Å². The lowest BCUT2D eigenvalue weighted by Crippen LogP contribution is -2.02. The molecule has 0 aliphatic carbocycles. The van der Waals surface area contributed by atoms with Gasteiger partial charge in [-0.25, -0.2) is 9.97 Å². The minimum atomic E-state index is 0.636. The zero-order chi connectivity index (χ0) is 34.1. The van der Waals surface area contributed by atoms with E-state index in [0.29, 0.717) is 11.4 Å². The van der Waals surface area contributed by atoms with Crippen LogP contribution in [0.3, 0.4) is 0 Å². The highest BCUT2D eigenvalue weighted by molar-refractivity contribution is 6.11. The summed E-state index contributed by atoms with van der Waals surface area (Å²) in [6.07, 6.45) is 0. The zero-order valence-corrected chi connectivity index (χ0v) is 27.6. The van der Waals surface area contributed by atoms with Gasteiger partial charge in [0.25, 0.3) is 0 Å². The number of nitriles is 1. The third kappa shape index (κ3) is 5.63. The van der Waals surface area contributed by atoms with E-state index < -0.39 is 0 Å². The van der Waals surface area contributed by atoms with Gasteiger partial charge >= 0.3 is 0 Å². The normalized spacial score (nSPS) is 11.1. The van der Waals surface area contributed by atoms with Crippen LogP contribution < -0.4 is 0 Å². The van der Waals surface area contributed by atoms with Gasteiger partial charge in [-0.1, -0.05) is 133 Å². The predicted octanol–water partition coefficient (Wildman–Crippen LogP) is 11.8. The molecule has 0 saturated carbocycles. The van der Waals surface area contributed by atoms with Crippen LogP contribution in [0.1, 0.15) is 5.56 Å². The standard InChI is InChI=1S/C47H30N4/c48-31-32-19-21-35(22-20-32)37-17-10-18-40(27-37)47-49-43(36-15-8-3-9-16-36)30-46(50-47)51-44-25-23-38(33-11-4-1-5-12-33)28-41(44)42-29-39(24-26-45(42)51)34-13-6-2-7-14-34/h1-30H. The molecule has 4 heteroatoms. The third-order valence-corrected chi connectivity index (χ3v) is 9.46. The molecule has 0 spiro atoms. The van der Waals surface area contributed by atoms with Gasteiger partial charge in [-0.3, -0.25) is 4.57 Å². The predicted molar refractivity (Wildman–Crippen MR) is 208 cm³/mol. The molecule has 2 aromatic heterocycles. The average Bonchev–Trinajstić information content (AvgIpc) is 3.55. The van der Waals surface area contributed by atoms with Crippen LogP contribution in [0.4, 0.5) is 0 Å². The molecule has 0 saturated heterocycles. The number of fused-ring (bicyclic) bond motifs is 3. The van der Waals surface area contributed by atoms with Crippen molar-refractivity contribution in [2.75, 3.05) is 0 Å². The molecular formula is C47H30N4. The first-order valence-corrected chi connectivity index (χ1v) is 17.0. The maximum absolute atomic E-state index is 9.31. The summed E-state index contributed by atoms with van der Waals surface area (Å²) in [7, 11) is 0. The number of hydrogen-bond acceptors (Lipinski definition) is 3. The highest BCUT2D eigenvalue weighted by Crippen LogP contribution is 2.38. The van der Waals surface area contributed by atoms with E-state index in [1.54, 1.807) is 0 Å². The quantitative estimate of drug-likeness (QED) is 0.180. The molecule has 0 bridgehead atoms. The van der Waals surface area contributed by atoms with Gasteiger partial charge < -0.3 is 0 Å². The second kappa shape index (κ2) is 12.7. The molecule has 0 amide bonds. The summed E-state index contributed by atoms with van der Waals surface area (Å²) in [4.78, 5) is 10.5. The van der Waals surface area contributed by atoms with Crippen molar-refractivity contribution in [3.05, 3.63) is 188 Å². The van der Waals surface area contributed by atoms with Crippen LogP contribution in [-0.4, -0.2) is 14.5 Å². The fraction of sp³-hybridized carbons (Fsp3) is 0. The molecule has 0 aliphatic heterocycles. The summed E-state index contributed by atoms with van der Waals surface area (Å²) in [5.41, 5.74) is 12.3. The molecule has 51 heavy (non-hydrogen) atoms. The van der Waals surface area contributed by atoms with Crippen molar-refractivity contribution in [3.63, 3.8) is 0 Å². The minimum absolute atomic E-state index is 0.636. The number of benzene rings is 7. The maximum atomic E-state index is 9.31. The second-order valence-electron chi connectivity index (χ2n) is 12.6. The second-order valence-corrected chi connectivity index (χ2v) is 12.6. The summed E-state index contributed by atoms with van der Waals surface area (Å²) < 4.78 is 2.27. The topological polar surface area (TPSA) is 54.5 Å². The summed E-state index contributed by atoms with van der Waals surface area (Å²) in [5, 5.41) is 11.6. The molecule has 0 unspecified atom stereocenters. The van der Waals surface area contributed by atoms with E-state index in [1.165, 1.54) is 22.3 Å². The molecular weight excluding hydrogens is 621 g/mol. The van der Waals surface area contributed by atoms with Crippen molar-refractivity contribution in [1.29, 1.82) is 5.26 Å². The summed E-state index contributed by atoms with van der Waals surface area (Å²) >= 11 is 0. The Hall–Kier alpha value is -7.09. The lowest BCUT2D eigenvalue weighted by molar-refractivity contribution is 1.05. The van der Waals surface area contributed by atoms with Crippen LogP contribution in [0, 0.1) is 11.3 Å². The average molecular weight is 651 g/mol. The Labute approximate surface area is 296 Å². The van der Waals surface area contributed by atoms with E-state index in [0.717, 1.165) is 55.6 Å². The van der Waals surface area contributed by atoms with Crippen LogP contribution >= 0.6 is 0 Å². The van der Waals surface area contributed by atoms with Crippen molar-refractivity contribution >= 4 is 21.8 Å². The van der Waals surface area contributed by atoms with Crippen molar-refractivity contribution in [2.24, 2.45) is 0 Å². The number of aromatic nitrogens is 3. The molecule has 7 aromatic carbocycles. The van der Waals surface area contributed by atoms with Gasteiger partial charge in [0, 0.05) is 28.0 Å². The number of nitrogens with zero attached hydrogens (tertiary/aromatic N) is 4. The SMILES string of the molecule is N#Cc1ccc(-c2cccc(-c3nc(-c4ccccc4)cc(-n4c5ccc(-c6ccccc6)cc5c5cc(-c6ccccc6)ccc54)n3)c2)cc1. The van der Waals surface area contributed by atoms with Gasteiger partial charge in [0.05, 0.1) is 28.4 Å². The largest absolute Gasteiger partial charge is 0.294 e. The first-order chi connectivity index (χ1) is 25.2. The van der Waals surface area contributed by atoms with E-state index in [2.05, 4.69) is 144 Å². The maximum Gasteiger partial charge on any atom is 0.162 e. The number of rotatable bonds is 6. The van der Waals surface area contributed by atoms with Gasteiger partial charge in [-0.15, -0.1) is 0 Å². The van der Waals surface area contributed by atoms with Gasteiger partial charge in [-0.05, 0) is 75.8 Å². The zero-order valence-electron chi connectivity index (χ0n) is 27.6. The van der Waals surface area contributed by atoms with Crippen LogP contribution in [0.15, 0.2) is 182 Å². The smallest absolute Gasteiger partial charge is 0.162 e. The lowest BCUT2D eigenvalue weighted by Gasteiger charge is -2.13. The molecule has 4 nitrogen and oxygen atoms in total. The molecule has 0 fully saturated rings. The van der Waals surface area contributed by atoms with Gasteiger partial charge in [0.1, 0.15) is 5.82 Å². The van der Waals surface area contributed by atoms with E-state index in [9.17, 15) is 5.26 Å². The Morgan fingerprint density at radius 2 is 0.863 bits per heavy atom. The van der Waals surface area contributed by atoms with Gasteiger partial charge in [-0.2, -0.15) is 5.26 Å². The molecule has 0 atom stereocenters. The Bertz CT molecular complexity index is 2630. The molecule has 0 aliphatic rings. The van der Waals surface area contributed by atoms with Gasteiger partial charge in [0.15, 0.2) is 5.82 Å². The Kier molecular flexibility index (Phi) is 7.50. The molecule has 0 radical (unpaired) electrons. The molecule has 2 heterocycles. The number of hydrogen-bond donors (Lipinski definition) is 0. The van der Waals surface area contributed by atoms with E-state index in [-0.39, 0.29) is 0 Å². The van der Waals surface area contributed by atoms with E-state index in [1.807, 2.05) is 48.5 Å². The summed E-state index contributed by atoms with van der Waals surface area (Å²) in [6, 6.07) is 65.1. The molecule has 238 valence electrons. The third-order valence-electron chi connectivity index (χ3n) is 9.46. The highest BCUT2D eigenvalue weighted by Gasteiger charge is 2.18.